The van der Waals surface area contributed by atoms with Crippen LogP contribution in [0.1, 0.15) is 48.3 Å². The van der Waals surface area contributed by atoms with E-state index < -0.39 is 11.5 Å². The van der Waals surface area contributed by atoms with Gasteiger partial charge in [0.25, 0.3) is 0 Å². The molecule has 5 heteroatoms. The van der Waals surface area contributed by atoms with E-state index in [9.17, 15) is 9.90 Å². The number of halogens is 1. The van der Waals surface area contributed by atoms with E-state index in [1.54, 1.807) is 7.11 Å². The van der Waals surface area contributed by atoms with Gasteiger partial charge in [0, 0.05) is 16.1 Å². The lowest BCUT2D eigenvalue weighted by atomic mass is 9.59. The first-order valence-electron chi connectivity index (χ1n) is 11.5. The van der Waals surface area contributed by atoms with Gasteiger partial charge in [-0.15, -0.1) is 0 Å². The fourth-order valence-electron chi connectivity index (χ4n) is 6.04. The van der Waals surface area contributed by atoms with Crippen molar-refractivity contribution in [3.63, 3.8) is 0 Å². The number of methoxy groups -OCH3 is 1. The summed E-state index contributed by atoms with van der Waals surface area (Å²) in [6.07, 6.45) is 3.53. The van der Waals surface area contributed by atoms with E-state index in [1.165, 1.54) is 11.1 Å². The molecule has 33 heavy (non-hydrogen) atoms. The number of ether oxygens (including phenoxy) is 1. The molecular formula is C28H28ClNO3. The maximum Gasteiger partial charge on any atom is 0.329 e. The molecule has 2 N–H and O–H groups in total. The second kappa shape index (κ2) is 8.42. The molecule has 2 aliphatic carbocycles. The average Bonchev–Trinajstić information content (AvgIpc) is 3.15. The lowest BCUT2D eigenvalue weighted by Gasteiger charge is -2.47. The van der Waals surface area contributed by atoms with Crippen LogP contribution in [0.3, 0.4) is 0 Å². The van der Waals surface area contributed by atoms with Crippen LogP contribution in [-0.4, -0.2) is 23.7 Å². The van der Waals surface area contributed by atoms with Gasteiger partial charge in [-0.25, -0.2) is 4.79 Å². The lowest BCUT2D eigenvalue weighted by molar-refractivity contribution is -0.144. The van der Waals surface area contributed by atoms with E-state index in [0.29, 0.717) is 12.8 Å². The molecule has 1 atom stereocenters. The van der Waals surface area contributed by atoms with Crippen molar-refractivity contribution in [2.45, 2.75) is 49.0 Å². The number of rotatable bonds is 5. The zero-order chi connectivity index (χ0) is 23.1. The van der Waals surface area contributed by atoms with Gasteiger partial charge in [-0.3, -0.25) is 0 Å². The quantitative estimate of drug-likeness (QED) is 0.459. The van der Waals surface area contributed by atoms with Gasteiger partial charge in [-0.05, 0) is 85.0 Å². The van der Waals surface area contributed by atoms with Gasteiger partial charge < -0.3 is 15.2 Å². The average molecular weight is 462 g/mol. The number of anilines is 1. The summed E-state index contributed by atoms with van der Waals surface area (Å²) in [5.74, 6) is 0.186. The smallest absolute Gasteiger partial charge is 0.329 e. The number of nitrogens with one attached hydrogen (secondary N) is 1. The van der Waals surface area contributed by atoms with Crippen LogP contribution in [-0.2, 0) is 16.6 Å². The number of fused-ring (bicyclic) bond motifs is 2. The Kier molecular flexibility index (Phi) is 5.57. The van der Waals surface area contributed by atoms with Crippen molar-refractivity contribution in [2.24, 2.45) is 0 Å². The third-order valence-corrected chi connectivity index (χ3v) is 8.13. The summed E-state index contributed by atoms with van der Waals surface area (Å²) in [5, 5.41) is 14.4. The summed E-state index contributed by atoms with van der Waals surface area (Å²) in [5.41, 5.74) is 3.48. The first-order chi connectivity index (χ1) is 16.0. The zero-order valence-electron chi connectivity index (χ0n) is 18.7. The molecular weight excluding hydrogens is 434 g/mol. The first kappa shape index (κ1) is 21.8. The van der Waals surface area contributed by atoms with Gasteiger partial charge in [0.05, 0.1) is 7.11 Å². The Balaban J connectivity index is 1.54. The third-order valence-electron chi connectivity index (χ3n) is 7.79. The number of hydrogen-bond acceptors (Lipinski definition) is 3. The summed E-state index contributed by atoms with van der Waals surface area (Å²) in [6.45, 7) is 0. The van der Waals surface area contributed by atoms with Crippen molar-refractivity contribution in [1.82, 2.24) is 0 Å². The Morgan fingerprint density at radius 3 is 2.39 bits per heavy atom. The number of para-hydroxylation sites is 1. The summed E-state index contributed by atoms with van der Waals surface area (Å²) in [6, 6.07) is 24.1. The van der Waals surface area contributed by atoms with Crippen LogP contribution >= 0.6 is 11.6 Å². The van der Waals surface area contributed by atoms with Crippen LogP contribution in [0.4, 0.5) is 5.69 Å². The SMILES string of the molecule is COc1ccc(Cl)c([C@H]2Cc3ccccc3C23CCC(Nc2ccccc2)(C(=O)O)CC3)c1. The van der Waals surface area contributed by atoms with E-state index in [4.69, 9.17) is 16.3 Å². The molecule has 3 aromatic carbocycles. The Hall–Kier alpha value is -2.98. The summed E-state index contributed by atoms with van der Waals surface area (Å²) < 4.78 is 5.51. The number of carbonyl (C=O) groups is 1. The van der Waals surface area contributed by atoms with Gasteiger partial charge in [0.15, 0.2) is 0 Å². The predicted molar refractivity (Wildman–Crippen MR) is 131 cm³/mol. The van der Waals surface area contributed by atoms with Gasteiger partial charge in [-0.2, -0.15) is 0 Å². The molecule has 0 bridgehead atoms. The number of aliphatic carboxylic acids is 1. The molecule has 5 rings (SSSR count). The molecule has 3 aromatic rings. The summed E-state index contributed by atoms with van der Waals surface area (Å²) in [7, 11) is 1.67. The van der Waals surface area contributed by atoms with Crippen LogP contribution in [0.15, 0.2) is 72.8 Å². The van der Waals surface area contributed by atoms with Crippen LogP contribution in [0, 0.1) is 0 Å². The molecule has 0 unspecified atom stereocenters. The second-order valence-electron chi connectivity index (χ2n) is 9.34. The number of carboxylic acids is 1. The Morgan fingerprint density at radius 2 is 1.70 bits per heavy atom. The Bertz CT molecular complexity index is 1170. The van der Waals surface area contributed by atoms with Crippen molar-refractivity contribution in [3.05, 3.63) is 94.5 Å². The van der Waals surface area contributed by atoms with Crippen molar-refractivity contribution in [2.75, 3.05) is 12.4 Å². The monoisotopic (exact) mass is 461 g/mol. The molecule has 0 amide bonds. The molecule has 1 saturated carbocycles. The van der Waals surface area contributed by atoms with Gasteiger partial charge in [0.1, 0.15) is 11.3 Å². The molecule has 4 nitrogen and oxygen atoms in total. The van der Waals surface area contributed by atoms with Crippen molar-refractivity contribution >= 4 is 23.3 Å². The Labute approximate surface area is 199 Å². The van der Waals surface area contributed by atoms with Crippen LogP contribution in [0.25, 0.3) is 0 Å². The van der Waals surface area contributed by atoms with Crippen LogP contribution in [0.5, 0.6) is 5.75 Å². The highest BCUT2D eigenvalue weighted by atomic mass is 35.5. The van der Waals surface area contributed by atoms with E-state index in [2.05, 4.69) is 35.6 Å². The van der Waals surface area contributed by atoms with Gasteiger partial charge >= 0.3 is 5.97 Å². The molecule has 1 spiro atoms. The molecule has 0 aliphatic heterocycles. The molecule has 0 radical (unpaired) electrons. The maximum atomic E-state index is 12.5. The number of carboxylic acid groups (broad SMARTS) is 1. The molecule has 0 saturated heterocycles. The fraction of sp³-hybridized carbons (Fsp3) is 0.321. The molecule has 2 aliphatic rings. The minimum Gasteiger partial charge on any atom is -0.497 e. The summed E-state index contributed by atoms with van der Waals surface area (Å²) in [4.78, 5) is 12.5. The largest absolute Gasteiger partial charge is 0.497 e. The van der Waals surface area contributed by atoms with Crippen molar-refractivity contribution in [3.8, 4) is 5.75 Å². The van der Waals surface area contributed by atoms with Crippen LogP contribution in [0.2, 0.25) is 5.02 Å². The highest BCUT2D eigenvalue weighted by Crippen LogP contribution is 2.59. The van der Waals surface area contributed by atoms with Crippen molar-refractivity contribution in [1.29, 1.82) is 0 Å². The highest BCUT2D eigenvalue weighted by Gasteiger charge is 2.54. The maximum absolute atomic E-state index is 12.5. The zero-order valence-corrected chi connectivity index (χ0v) is 19.4. The minimum atomic E-state index is -0.979. The van der Waals surface area contributed by atoms with Crippen molar-refractivity contribution < 1.29 is 14.6 Å². The molecule has 0 aromatic heterocycles. The number of hydrogen-bond donors (Lipinski definition) is 2. The van der Waals surface area contributed by atoms with E-state index >= 15 is 0 Å². The van der Waals surface area contributed by atoms with Gasteiger partial charge in [0.2, 0.25) is 0 Å². The molecule has 0 heterocycles. The van der Waals surface area contributed by atoms with E-state index in [-0.39, 0.29) is 11.3 Å². The van der Waals surface area contributed by atoms with Gasteiger partial charge in [-0.1, -0.05) is 54.1 Å². The standard InChI is InChI=1S/C28H28ClNO3/c1-33-21-11-12-25(29)22(18-21)24-17-19-7-5-6-10-23(19)27(24)13-15-28(16-14-27,26(31)32)30-20-8-3-2-4-9-20/h2-12,18,24,30H,13-17H2,1H3,(H,31,32)/t24-,27?,28?/m1/s1. The summed E-state index contributed by atoms with van der Waals surface area (Å²) >= 11 is 6.73. The van der Waals surface area contributed by atoms with E-state index in [1.807, 2.05) is 42.5 Å². The lowest BCUT2D eigenvalue weighted by Crippen LogP contribution is -2.52. The second-order valence-corrected chi connectivity index (χ2v) is 9.74. The van der Waals surface area contributed by atoms with Crippen LogP contribution < -0.4 is 10.1 Å². The fourth-order valence-corrected chi connectivity index (χ4v) is 6.29. The minimum absolute atomic E-state index is 0.149. The normalized spacial score (nSPS) is 26.1. The topological polar surface area (TPSA) is 58.6 Å². The Morgan fingerprint density at radius 1 is 1.00 bits per heavy atom. The predicted octanol–water partition coefficient (Wildman–Crippen LogP) is 6.44. The molecule has 170 valence electrons. The number of benzene rings is 3. The first-order valence-corrected chi connectivity index (χ1v) is 11.8. The highest BCUT2D eigenvalue weighted by molar-refractivity contribution is 6.31. The van der Waals surface area contributed by atoms with E-state index in [0.717, 1.165) is 41.3 Å². The third kappa shape index (κ3) is 3.67. The molecule has 1 fully saturated rings.